The molecule has 2 aromatic rings. The molecule has 8 heteroatoms. The maximum absolute atomic E-state index is 13.5. The van der Waals surface area contributed by atoms with E-state index in [9.17, 15) is 14.0 Å². The Morgan fingerprint density at radius 1 is 1.12 bits per heavy atom. The largest absolute Gasteiger partial charge is 0.351 e. The summed E-state index contributed by atoms with van der Waals surface area (Å²) in [4.78, 5) is 23.0. The van der Waals surface area contributed by atoms with Crippen molar-refractivity contribution in [2.45, 2.75) is 13.0 Å². The lowest BCUT2D eigenvalue weighted by atomic mass is 10.1. The number of primary amides is 1. The summed E-state index contributed by atoms with van der Waals surface area (Å²) >= 11 is 11.5. The number of nitrogens with two attached hydrogens (primary N) is 1. The third kappa shape index (κ3) is 4.37. The summed E-state index contributed by atoms with van der Waals surface area (Å²) < 4.78 is 13.5. The minimum atomic E-state index is -0.722. The minimum absolute atomic E-state index is 0.00238. The van der Waals surface area contributed by atoms with Gasteiger partial charge in [0.2, 0.25) is 0 Å². The molecule has 0 saturated carbocycles. The van der Waals surface area contributed by atoms with Gasteiger partial charge in [0.05, 0.1) is 21.7 Å². The molecule has 2 aromatic carbocycles. The van der Waals surface area contributed by atoms with Crippen LogP contribution in [-0.2, 0) is 0 Å². The van der Waals surface area contributed by atoms with Crippen LogP contribution in [0, 0.1) is 5.82 Å². The normalized spacial score (nSPS) is 11.7. The maximum Gasteiger partial charge on any atom is 0.316 e. The van der Waals surface area contributed by atoms with Gasteiger partial charge in [-0.2, -0.15) is 0 Å². The number of benzene rings is 2. The van der Waals surface area contributed by atoms with Gasteiger partial charge >= 0.3 is 6.03 Å². The first kappa shape index (κ1) is 18.0. The fraction of sp³-hybridized carbons (Fsp3) is 0.125. The molecule has 0 aliphatic rings. The summed E-state index contributed by atoms with van der Waals surface area (Å²) in [5.74, 6) is -1.25. The van der Waals surface area contributed by atoms with Gasteiger partial charge < -0.3 is 16.4 Å². The number of nitrogens with one attached hydrogen (secondary N) is 2. The van der Waals surface area contributed by atoms with Crippen molar-refractivity contribution in [3.05, 3.63) is 63.4 Å². The molecule has 126 valence electrons. The van der Waals surface area contributed by atoms with E-state index in [1.807, 2.05) is 0 Å². The molecule has 5 nitrogen and oxygen atoms in total. The highest BCUT2D eigenvalue weighted by molar-refractivity contribution is 6.36. The summed E-state index contributed by atoms with van der Waals surface area (Å²) in [6, 6.07) is 7.89. The van der Waals surface area contributed by atoms with Crippen LogP contribution in [0.3, 0.4) is 0 Å². The Morgan fingerprint density at radius 2 is 1.75 bits per heavy atom. The van der Waals surface area contributed by atoms with Crippen LogP contribution >= 0.6 is 23.2 Å². The zero-order chi connectivity index (χ0) is 17.9. The highest BCUT2D eigenvalue weighted by Gasteiger charge is 2.17. The number of halogens is 3. The predicted octanol–water partition coefficient (Wildman–Crippen LogP) is 4.11. The van der Waals surface area contributed by atoms with Crippen molar-refractivity contribution in [1.29, 1.82) is 0 Å². The van der Waals surface area contributed by atoms with Crippen molar-refractivity contribution in [3.63, 3.8) is 0 Å². The van der Waals surface area contributed by atoms with Crippen molar-refractivity contribution >= 4 is 40.8 Å². The van der Waals surface area contributed by atoms with Gasteiger partial charge in [0.1, 0.15) is 5.82 Å². The molecule has 0 heterocycles. The Bertz CT molecular complexity index is 782. The van der Waals surface area contributed by atoms with E-state index in [-0.39, 0.29) is 21.7 Å². The molecule has 0 radical (unpaired) electrons. The first-order valence-corrected chi connectivity index (χ1v) is 7.65. The Balaban J connectivity index is 2.11. The van der Waals surface area contributed by atoms with E-state index in [4.69, 9.17) is 28.9 Å². The number of hydrogen-bond donors (Lipinski definition) is 3. The molecular weight excluding hydrogens is 356 g/mol. The van der Waals surface area contributed by atoms with Gasteiger partial charge in [0.25, 0.3) is 5.91 Å². The van der Waals surface area contributed by atoms with Crippen molar-refractivity contribution in [2.75, 3.05) is 5.32 Å². The highest BCUT2D eigenvalue weighted by Crippen LogP contribution is 2.25. The van der Waals surface area contributed by atoms with Crippen LogP contribution in [0.2, 0.25) is 10.0 Å². The SMILES string of the molecule is CC(NC(=O)c1cc(F)c(Cl)cc1Cl)c1ccc(NC(N)=O)cc1. The number of rotatable bonds is 4. The van der Waals surface area contributed by atoms with Gasteiger partial charge in [-0.05, 0) is 36.8 Å². The fourth-order valence-corrected chi connectivity index (χ4v) is 2.52. The molecule has 0 aliphatic carbocycles. The van der Waals surface area contributed by atoms with Gasteiger partial charge in [-0.1, -0.05) is 35.3 Å². The smallest absolute Gasteiger partial charge is 0.316 e. The number of amides is 3. The van der Waals surface area contributed by atoms with E-state index in [2.05, 4.69) is 10.6 Å². The highest BCUT2D eigenvalue weighted by atomic mass is 35.5. The summed E-state index contributed by atoms with van der Waals surface area (Å²) in [6.07, 6.45) is 0. The van der Waals surface area contributed by atoms with Crippen LogP contribution in [0.4, 0.5) is 14.9 Å². The second-order valence-corrected chi connectivity index (χ2v) is 5.87. The Morgan fingerprint density at radius 3 is 2.33 bits per heavy atom. The lowest BCUT2D eigenvalue weighted by Gasteiger charge is -2.16. The molecule has 0 aromatic heterocycles. The molecule has 0 aliphatic heterocycles. The minimum Gasteiger partial charge on any atom is -0.351 e. The van der Waals surface area contributed by atoms with Crippen molar-refractivity contribution in [2.24, 2.45) is 5.73 Å². The summed E-state index contributed by atoms with van der Waals surface area (Å²) in [7, 11) is 0. The molecule has 2 rings (SSSR count). The second-order valence-electron chi connectivity index (χ2n) is 5.05. The average molecular weight is 370 g/mol. The second kappa shape index (κ2) is 7.51. The maximum atomic E-state index is 13.5. The molecule has 0 spiro atoms. The number of urea groups is 1. The summed E-state index contributed by atoms with van der Waals surface area (Å²) in [6.45, 7) is 1.76. The first-order chi connectivity index (χ1) is 11.3. The van der Waals surface area contributed by atoms with E-state index in [0.29, 0.717) is 5.69 Å². The van der Waals surface area contributed by atoms with Gasteiger partial charge in [-0.25, -0.2) is 9.18 Å². The van der Waals surface area contributed by atoms with E-state index >= 15 is 0 Å². The third-order valence-electron chi connectivity index (χ3n) is 3.28. The zero-order valence-corrected chi connectivity index (χ0v) is 14.1. The molecule has 3 amide bonds. The molecule has 0 saturated heterocycles. The standard InChI is InChI=1S/C16H14Cl2FN3O2/c1-8(9-2-4-10(5-3-9)22-16(20)24)21-15(23)11-6-14(19)13(18)7-12(11)17/h2-8H,1H3,(H,21,23)(H3,20,22,24). The molecule has 0 bridgehead atoms. The molecule has 1 unspecified atom stereocenters. The quantitative estimate of drug-likeness (QED) is 0.708. The Hall–Kier alpha value is -2.31. The number of carbonyl (C=O) groups is 2. The first-order valence-electron chi connectivity index (χ1n) is 6.89. The fourth-order valence-electron chi connectivity index (χ4n) is 2.05. The molecule has 4 N–H and O–H groups in total. The Labute approximate surface area is 147 Å². The van der Waals surface area contributed by atoms with E-state index in [1.54, 1.807) is 31.2 Å². The van der Waals surface area contributed by atoms with Gasteiger partial charge in [0.15, 0.2) is 0 Å². The van der Waals surface area contributed by atoms with Gasteiger partial charge in [-0.15, -0.1) is 0 Å². The number of carbonyl (C=O) groups excluding carboxylic acids is 2. The average Bonchev–Trinajstić information content (AvgIpc) is 2.50. The monoisotopic (exact) mass is 369 g/mol. The summed E-state index contributed by atoms with van der Waals surface area (Å²) in [5.41, 5.74) is 6.34. The van der Waals surface area contributed by atoms with Crippen molar-refractivity contribution in [3.8, 4) is 0 Å². The molecular formula is C16H14Cl2FN3O2. The van der Waals surface area contributed by atoms with Crippen molar-refractivity contribution in [1.82, 2.24) is 5.32 Å². The molecule has 24 heavy (non-hydrogen) atoms. The van der Waals surface area contributed by atoms with E-state index in [0.717, 1.165) is 11.6 Å². The number of hydrogen-bond acceptors (Lipinski definition) is 2. The van der Waals surface area contributed by atoms with Crippen molar-refractivity contribution < 1.29 is 14.0 Å². The van der Waals surface area contributed by atoms with E-state index < -0.39 is 17.8 Å². The van der Waals surface area contributed by atoms with Crippen LogP contribution in [0.15, 0.2) is 36.4 Å². The zero-order valence-electron chi connectivity index (χ0n) is 12.6. The third-order valence-corrected chi connectivity index (χ3v) is 3.88. The topological polar surface area (TPSA) is 84.2 Å². The Kier molecular flexibility index (Phi) is 5.64. The van der Waals surface area contributed by atoms with Crippen LogP contribution in [0.5, 0.6) is 0 Å². The van der Waals surface area contributed by atoms with Gasteiger partial charge in [0, 0.05) is 5.69 Å². The van der Waals surface area contributed by atoms with E-state index in [1.165, 1.54) is 6.07 Å². The lowest BCUT2D eigenvalue weighted by molar-refractivity contribution is 0.0939. The predicted molar refractivity (Wildman–Crippen MR) is 91.9 cm³/mol. The summed E-state index contributed by atoms with van der Waals surface area (Å²) in [5, 5.41) is 5.06. The van der Waals surface area contributed by atoms with Crippen LogP contribution in [0.1, 0.15) is 28.9 Å². The van der Waals surface area contributed by atoms with Crippen LogP contribution < -0.4 is 16.4 Å². The molecule has 1 atom stereocenters. The number of anilines is 1. The van der Waals surface area contributed by atoms with Crippen LogP contribution in [0.25, 0.3) is 0 Å². The lowest BCUT2D eigenvalue weighted by Crippen LogP contribution is -2.27. The van der Waals surface area contributed by atoms with Gasteiger partial charge in [-0.3, -0.25) is 4.79 Å². The molecule has 0 fully saturated rings. The van der Waals surface area contributed by atoms with Crippen LogP contribution in [-0.4, -0.2) is 11.9 Å².